The number of hydrogen-bond donors (Lipinski definition) is 0. The van der Waals surface area contributed by atoms with Crippen molar-refractivity contribution in [2.24, 2.45) is 5.41 Å². The summed E-state index contributed by atoms with van der Waals surface area (Å²) in [7, 11) is 0. The lowest BCUT2D eigenvalue weighted by atomic mass is 9.95. The van der Waals surface area contributed by atoms with Gasteiger partial charge in [-0.1, -0.05) is 20.8 Å². The van der Waals surface area contributed by atoms with Crippen LogP contribution in [0.2, 0.25) is 0 Å². The van der Waals surface area contributed by atoms with E-state index in [4.69, 9.17) is 4.74 Å². The molecule has 2 nitrogen and oxygen atoms in total. The minimum atomic E-state index is 0.395. The molecule has 1 aliphatic heterocycles. The molecule has 2 heteroatoms. The smallest absolute Gasteiger partial charge is 0.0678 e. The molecule has 1 aliphatic rings. The molecular weight excluding hydrogens is 162 g/mol. The number of ether oxygens (including phenoxy) is 1. The fraction of sp³-hybridized carbons (Fsp3) is 1.00. The fourth-order valence-electron chi connectivity index (χ4n) is 2.08. The summed E-state index contributed by atoms with van der Waals surface area (Å²) in [5.41, 5.74) is 0.400. The van der Waals surface area contributed by atoms with Crippen molar-refractivity contribution in [1.29, 1.82) is 0 Å². The van der Waals surface area contributed by atoms with Crippen molar-refractivity contribution in [3.63, 3.8) is 0 Å². The van der Waals surface area contributed by atoms with Crippen LogP contribution in [0, 0.1) is 5.41 Å². The predicted molar refractivity (Wildman–Crippen MR) is 55.9 cm³/mol. The molecule has 0 aromatic carbocycles. The molecule has 0 aromatic rings. The van der Waals surface area contributed by atoms with Gasteiger partial charge < -0.3 is 4.74 Å². The van der Waals surface area contributed by atoms with E-state index in [1.165, 1.54) is 6.54 Å². The van der Waals surface area contributed by atoms with E-state index in [0.717, 1.165) is 13.1 Å². The van der Waals surface area contributed by atoms with E-state index in [-0.39, 0.29) is 0 Å². The second-order valence-electron chi connectivity index (χ2n) is 5.51. The molecule has 0 aromatic heterocycles. The van der Waals surface area contributed by atoms with E-state index in [1.807, 2.05) is 0 Å². The highest BCUT2D eigenvalue weighted by atomic mass is 16.5. The molecule has 0 amide bonds. The van der Waals surface area contributed by atoms with Crippen molar-refractivity contribution >= 4 is 0 Å². The van der Waals surface area contributed by atoms with Gasteiger partial charge in [-0.2, -0.15) is 0 Å². The average molecular weight is 185 g/mol. The first-order valence-electron chi connectivity index (χ1n) is 5.24. The van der Waals surface area contributed by atoms with Crippen LogP contribution in [-0.2, 0) is 4.74 Å². The Morgan fingerprint density at radius 1 is 1.15 bits per heavy atom. The molecule has 1 saturated heterocycles. The molecule has 1 rings (SSSR count). The van der Waals surface area contributed by atoms with Gasteiger partial charge in [-0.25, -0.2) is 0 Å². The van der Waals surface area contributed by atoms with Crippen LogP contribution in [-0.4, -0.2) is 36.7 Å². The van der Waals surface area contributed by atoms with Gasteiger partial charge in [0.25, 0.3) is 0 Å². The maximum absolute atomic E-state index is 5.69. The van der Waals surface area contributed by atoms with Crippen LogP contribution >= 0.6 is 0 Å². The number of rotatable bonds is 1. The molecule has 13 heavy (non-hydrogen) atoms. The topological polar surface area (TPSA) is 12.5 Å². The van der Waals surface area contributed by atoms with Crippen LogP contribution in [0.25, 0.3) is 0 Å². The third kappa shape index (κ3) is 4.10. The zero-order valence-electron chi connectivity index (χ0n) is 9.63. The van der Waals surface area contributed by atoms with Crippen molar-refractivity contribution in [1.82, 2.24) is 4.90 Å². The van der Waals surface area contributed by atoms with Gasteiger partial charge in [-0.3, -0.25) is 4.90 Å². The number of morpholine rings is 1. The first-order valence-corrected chi connectivity index (χ1v) is 5.24. The van der Waals surface area contributed by atoms with E-state index >= 15 is 0 Å². The van der Waals surface area contributed by atoms with Gasteiger partial charge >= 0.3 is 0 Å². The van der Waals surface area contributed by atoms with Crippen molar-refractivity contribution in [3.05, 3.63) is 0 Å². The molecule has 0 spiro atoms. The van der Waals surface area contributed by atoms with Gasteiger partial charge in [0.1, 0.15) is 0 Å². The largest absolute Gasteiger partial charge is 0.373 e. The summed E-state index contributed by atoms with van der Waals surface area (Å²) < 4.78 is 5.69. The van der Waals surface area contributed by atoms with Gasteiger partial charge in [-0.15, -0.1) is 0 Å². The Morgan fingerprint density at radius 2 is 1.62 bits per heavy atom. The molecule has 0 N–H and O–H groups in total. The predicted octanol–water partition coefficient (Wildman–Crippen LogP) is 2.14. The van der Waals surface area contributed by atoms with E-state index in [2.05, 4.69) is 39.5 Å². The first-order chi connectivity index (χ1) is 5.87. The maximum Gasteiger partial charge on any atom is 0.0678 e. The minimum absolute atomic E-state index is 0.395. The van der Waals surface area contributed by atoms with E-state index in [9.17, 15) is 0 Å². The Bertz CT molecular complexity index is 152. The molecule has 78 valence electrons. The zero-order valence-corrected chi connectivity index (χ0v) is 9.63. The van der Waals surface area contributed by atoms with Gasteiger partial charge in [0.05, 0.1) is 12.2 Å². The highest BCUT2D eigenvalue weighted by molar-refractivity contribution is 4.77. The third-order valence-electron chi connectivity index (χ3n) is 2.19. The normalized spacial score (nSPS) is 32.1. The lowest BCUT2D eigenvalue weighted by molar-refractivity contribution is -0.0746. The molecule has 2 atom stereocenters. The monoisotopic (exact) mass is 185 g/mol. The maximum atomic E-state index is 5.69. The summed E-state index contributed by atoms with van der Waals surface area (Å²) in [6.07, 6.45) is 0.789. The summed E-state index contributed by atoms with van der Waals surface area (Å²) in [5, 5.41) is 0. The Kier molecular flexibility index (Phi) is 3.36. The van der Waals surface area contributed by atoms with E-state index in [1.54, 1.807) is 0 Å². The molecule has 0 radical (unpaired) electrons. The standard InChI is InChI=1S/C11H23NO/c1-9-6-12(7-10(2)13-9)8-11(3,4)5/h9-10H,6-8H2,1-5H3/t9-,10-/m0/s1. The van der Waals surface area contributed by atoms with Crippen LogP contribution in [0.5, 0.6) is 0 Å². The summed E-state index contributed by atoms with van der Waals surface area (Å²) in [5.74, 6) is 0. The Balaban J connectivity index is 2.42. The van der Waals surface area contributed by atoms with Crippen molar-refractivity contribution < 1.29 is 4.74 Å². The Hall–Kier alpha value is -0.0800. The molecule has 1 fully saturated rings. The second-order valence-corrected chi connectivity index (χ2v) is 5.51. The summed E-state index contributed by atoms with van der Waals surface area (Å²) in [6, 6.07) is 0. The van der Waals surface area contributed by atoms with Gasteiger partial charge in [0.2, 0.25) is 0 Å². The van der Waals surface area contributed by atoms with Crippen LogP contribution in [0.15, 0.2) is 0 Å². The Labute approximate surface area is 82.3 Å². The lowest BCUT2D eigenvalue weighted by Gasteiger charge is -2.38. The highest BCUT2D eigenvalue weighted by Crippen LogP contribution is 2.19. The van der Waals surface area contributed by atoms with Crippen LogP contribution in [0.1, 0.15) is 34.6 Å². The van der Waals surface area contributed by atoms with Crippen molar-refractivity contribution in [2.45, 2.75) is 46.8 Å². The molecule has 0 saturated carbocycles. The van der Waals surface area contributed by atoms with Crippen molar-refractivity contribution in [2.75, 3.05) is 19.6 Å². The van der Waals surface area contributed by atoms with Crippen LogP contribution in [0.3, 0.4) is 0 Å². The molecule has 0 bridgehead atoms. The first kappa shape index (κ1) is 11.0. The lowest BCUT2D eigenvalue weighted by Crippen LogP contribution is -2.48. The van der Waals surface area contributed by atoms with Gasteiger partial charge in [0.15, 0.2) is 0 Å². The summed E-state index contributed by atoms with van der Waals surface area (Å²) >= 11 is 0. The van der Waals surface area contributed by atoms with E-state index < -0.39 is 0 Å². The van der Waals surface area contributed by atoms with Crippen molar-refractivity contribution in [3.8, 4) is 0 Å². The average Bonchev–Trinajstić information content (AvgIpc) is 1.78. The summed E-state index contributed by atoms with van der Waals surface area (Å²) in [6.45, 7) is 14.5. The highest BCUT2D eigenvalue weighted by Gasteiger charge is 2.25. The SMILES string of the molecule is C[C@H]1CN(CC(C)(C)C)C[C@H](C)O1. The fourth-order valence-corrected chi connectivity index (χ4v) is 2.08. The van der Waals surface area contributed by atoms with Gasteiger partial charge in [0, 0.05) is 19.6 Å². The molecule has 0 unspecified atom stereocenters. The van der Waals surface area contributed by atoms with Crippen LogP contribution < -0.4 is 0 Å². The quantitative estimate of drug-likeness (QED) is 0.620. The van der Waals surface area contributed by atoms with Crippen LogP contribution in [0.4, 0.5) is 0 Å². The number of nitrogens with zero attached hydrogens (tertiary/aromatic N) is 1. The zero-order chi connectivity index (χ0) is 10.1. The molecule has 1 heterocycles. The molecule has 0 aliphatic carbocycles. The number of hydrogen-bond acceptors (Lipinski definition) is 2. The summed E-state index contributed by atoms with van der Waals surface area (Å²) in [4.78, 5) is 2.51. The minimum Gasteiger partial charge on any atom is -0.373 e. The Morgan fingerprint density at radius 3 is 2.00 bits per heavy atom. The van der Waals surface area contributed by atoms with E-state index in [0.29, 0.717) is 17.6 Å². The molecular formula is C11H23NO. The third-order valence-corrected chi connectivity index (χ3v) is 2.19. The van der Waals surface area contributed by atoms with Gasteiger partial charge in [-0.05, 0) is 19.3 Å². The second kappa shape index (κ2) is 3.97.